The van der Waals surface area contributed by atoms with Gasteiger partial charge in [0, 0.05) is 54.4 Å². The highest BCUT2D eigenvalue weighted by Crippen LogP contribution is 2.33. The van der Waals surface area contributed by atoms with E-state index >= 15 is 0 Å². The van der Waals surface area contributed by atoms with Crippen molar-refractivity contribution in [3.63, 3.8) is 0 Å². The van der Waals surface area contributed by atoms with Crippen LogP contribution in [0.3, 0.4) is 0 Å². The first-order chi connectivity index (χ1) is 15.6. The van der Waals surface area contributed by atoms with Crippen LogP contribution in [0.25, 0.3) is 22.3 Å². The molecule has 8 nitrogen and oxygen atoms in total. The Bertz CT molecular complexity index is 1180. The molecule has 4 rings (SSSR count). The number of hydrogen-bond acceptors (Lipinski definition) is 7. The van der Waals surface area contributed by atoms with Gasteiger partial charge in [0.1, 0.15) is 11.5 Å². The lowest BCUT2D eigenvalue weighted by molar-refractivity contribution is 0.394. The third-order valence-corrected chi connectivity index (χ3v) is 5.32. The van der Waals surface area contributed by atoms with Crippen LogP contribution in [0.1, 0.15) is 13.3 Å². The fourth-order valence-corrected chi connectivity index (χ4v) is 3.64. The van der Waals surface area contributed by atoms with Crippen LogP contribution in [0.4, 0.5) is 11.4 Å². The van der Waals surface area contributed by atoms with E-state index in [2.05, 4.69) is 34.0 Å². The third kappa shape index (κ3) is 4.50. The molecule has 0 aliphatic heterocycles. The minimum absolute atomic E-state index is 0.640. The number of nitrogens with zero attached hydrogens (tertiary/aromatic N) is 5. The molecular formula is C24H28N6O2. The molecule has 0 atom stereocenters. The van der Waals surface area contributed by atoms with E-state index < -0.39 is 0 Å². The summed E-state index contributed by atoms with van der Waals surface area (Å²) in [6, 6.07) is 12.0. The van der Waals surface area contributed by atoms with Gasteiger partial charge in [-0.05, 0) is 38.1 Å². The van der Waals surface area contributed by atoms with Crippen LogP contribution in [0, 0.1) is 0 Å². The van der Waals surface area contributed by atoms with Gasteiger partial charge in [0.15, 0.2) is 0 Å². The number of methoxy groups -OCH3 is 2. The van der Waals surface area contributed by atoms with Gasteiger partial charge in [-0.25, -0.2) is 4.98 Å². The second-order valence-corrected chi connectivity index (χ2v) is 7.38. The molecule has 2 aromatic heterocycles. The van der Waals surface area contributed by atoms with Gasteiger partial charge < -0.3 is 20.1 Å². The lowest BCUT2D eigenvalue weighted by Gasteiger charge is -2.24. The quantitative estimate of drug-likeness (QED) is 0.427. The summed E-state index contributed by atoms with van der Waals surface area (Å²) in [6.07, 6.45) is 6.47. The topological polar surface area (TPSA) is 91.3 Å². The van der Waals surface area contributed by atoms with Crippen molar-refractivity contribution in [3.8, 4) is 22.8 Å². The number of hydrogen-bond donors (Lipinski definition) is 1. The van der Waals surface area contributed by atoms with Crippen LogP contribution in [0.15, 0.2) is 55.0 Å². The van der Waals surface area contributed by atoms with Crippen LogP contribution >= 0.6 is 0 Å². The maximum atomic E-state index is 5.60. The fraction of sp³-hybridized carbons (Fsp3) is 0.292. The highest BCUT2D eigenvalue weighted by atomic mass is 16.5. The number of anilines is 2. The molecule has 0 aliphatic carbocycles. The molecule has 0 saturated carbocycles. The van der Waals surface area contributed by atoms with E-state index in [9.17, 15) is 0 Å². The Kier molecular flexibility index (Phi) is 6.51. The number of nitrogens with two attached hydrogens (primary N) is 1. The van der Waals surface area contributed by atoms with E-state index in [-0.39, 0.29) is 0 Å². The molecule has 4 aromatic rings. The van der Waals surface area contributed by atoms with Crippen LogP contribution in [-0.2, 0) is 6.54 Å². The minimum atomic E-state index is 0.640. The number of rotatable bonds is 9. The molecule has 166 valence electrons. The highest BCUT2D eigenvalue weighted by molar-refractivity contribution is 5.82. The Morgan fingerprint density at radius 3 is 2.44 bits per heavy atom. The van der Waals surface area contributed by atoms with Crippen molar-refractivity contribution in [2.45, 2.75) is 19.9 Å². The predicted octanol–water partition coefficient (Wildman–Crippen LogP) is 4.02. The number of fused-ring (bicyclic) bond motifs is 1. The van der Waals surface area contributed by atoms with Gasteiger partial charge in [0.05, 0.1) is 43.3 Å². The van der Waals surface area contributed by atoms with E-state index in [1.54, 1.807) is 20.4 Å². The summed E-state index contributed by atoms with van der Waals surface area (Å²) in [5, 5.41) is 4.40. The molecular weight excluding hydrogens is 404 g/mol. The van der Waals surface area contributed by atoms with Crippen LogP contribution in [0.2, 0.25) is 0 Å². The molecule has 0 bridgehead atoms. The average molecular weight is 433 g/mol. The summed E-state index contributed by atoms with van der Waals surface area (Å²) in [5.74, 6) is 1.49. The molecule has 0 aliphatic rings. The Hall–Kier alpha value is -3.65. The SMILES string of the molecule is CCN(c1cc(OC)cc(OC)c1)c1ccc2ncc(-c3cnn(CCCN)c3)nc2c1. The van der Waals surface area contributed by atoms with E-state index in [0.29, 0.717) is 6.54 Å². The van der Waals surface area contributed by atoms with Crippen molar-refractivity contribution >= 4 is 22.4 Å². The second-order valence-electron chi connectivity index (χ2n) is 7.38. The number of aryl methyl sites for hydroxylation is 1. The van der Waals surface area contributed by atoms with E-state index in [0.717, 1.165) is 64.7 Å². The first-order valence-corrected chi connectivity index (χ1v) is 10.7. The van der Waals surface area contributed by atoms with Crippen molar-refractivity contribution in [2.24, 2.45) is 5.73 Å². The fourth-order valence-electron chi connectivity index (χ4n) is 3.64. The highest BCUT2D eigenvalue weighted by Gasteiger charge is 2.13. The van der Waals surface area contributed by atoms with Gasteiger partial charge in [-0.3, -0.25) is 9.67 Å². The van der Waals surface area contributed by atoms with Crippen LogP contribution < -0.4 is 20.1 Å². The molecule has 8 heteroatoms. The van der Waals surface area contributed by atoms with Crippen molar-refractivity contribution < 1.29 is 9.47 Å². The number of benzene rings is 2. The molecule has 0 spiro atoms. The lowest BCUT2D eigenvalue weighted by Crippen LogP contribution is -2.16. The molecule has 2 N–H and O–H groups in total. The largest absolute Gasteiger partial charge is 0.497 e. The molecule has 0 fully saturated rings. The van der Waals surface area contributed by atoms with Gasteiger partial charge in [-0.1, -0.05) is 0 Å². The first-order valence-electron chi connectivity index (χ1n) is 10.7. The van der Waals surface area contributed by atoms with Crippen molar-refractivity contribution in [1.82, 2.24) is 19.7 Å². The van der Waals surface area contributed by atoms with Gasteiger partial charge in [-0.2, -0.15) is 5.10 Å². The van der Waals surface area contributed by atoms with Gasteiger partial charge in [0.25, 0.3) is 0 Å². The smallest absolute Gasteiger partial charge is 0.124 e. The Balaban J connectivity index is 1.69. The Morgan fingerprint density at radius 2 is 1.75 bits per heavy atom. The molecule has 0 radical (unpaired) electrons. The maximum Gasteiger partial charge on any atom is 0.124 e. The Morgan fingerprint density at radius 1 is 0.969 bits per heavy atom. The zero-order chi connectivity index (χ0) is 22.5. The normalized spacial score (nSPS) is 11.0. The van der Waals surface area contributed by atoms with Crippen LogP contribution in [0.5, 0.6) is 11.5 Å². The number of ether oxygens (including phenoxy) is 2. The number of aromatic nitrogens is 4. The average Bonchev–Trinajstić information content (AvgIpc) is 3.31. The monoisotopic (exact) mass is 432 g/mol. The van der Waals surface area contributed by atoms with Crippen molar-refractivity contribution in [1.29, 1.82) is 0 Å². The molecule has 2 aromatic carbocycles. The second kappa shape index (κ2) is 9.65. The molecule has 0 amide bonds. The summed E-state index contributed by atoms with van der Waals surface area (Å²) in [4.78, 5) is 11.6. The lowest BCUT2D eigenvalue weighted by atomic mass is 10.2. The summed E-state index contributed by atoms with van der Waals surface area (Å²) in [7, 11) is 3.31. The molecule has 0 saturated heterocycles. The van der Waals surface area contributed by atoms with Crippen LogP contribution in [-0.4, -0.2) is 47.1 Å². The van der Waals surface area contributed by atoms with Crippen molar-refractivity contribution in [3.05, 3.63) is 55.0 Å². The molecule has 32 heavy (non-hydrogen) atoms. The summed E-state index contributed by atoms with van der Waals surface area (Å²) >= 11 is 0. The van der Waals surface area contributed by atoms with Gasteiger partial charge in [-0.15, -0.1) is 0 Å². The zero-order valence-corrected chi connectivity index (χ0v) is 18.7. The Labute approximate surface area is 187 Å². The predicted molar refractivity (Wildman–Crippen MR) is 127 cm³/mol. The summed E-state index contributed by atoms with van der Waals surface area (Å²) in [5.41, 5.74) is 11.0. The van der Waals surface area contributed by atoms with E-state index in [4.69, 9.17) is 20.2 Å². The minimum Gasteiger partial charge on any atom is -0.497 e. The zero-order valence-electron chi connectivity index (χ0n) is 18.7. The van der Waals surface area contributed by atoms with Gasteiger partial charge in [0.2, 0.25) is 0 Å². The van der Waals surface area contributed by atoms with E-state index in [1.807, 2.05) is 41.3 Å². The van der Waals surface area contributed by atoms with Gasteiger partial charge >= 0.3 is 0 Å². The molecule has 2 heterocycles. The standard InChI is InChI=1S/C24H28N6O2/c1-4-30(19-10-20(31-2)13-21(11-19)32-3)18-6-7-22-23(12-18)28-24(15-26-22)17-14-27-29(16-17)9-5-8-25/h6-7,10-16H,4-5,8-9,25H2,1-3H3. The van der Waals surface area contributed by atoms with E-state index in [1.165, 1.54) is 0 Å². The third-order valence-electron chi connectivity index (χ3n) is 5.32. The van der Waals surface area contributed by atoms with Crippen molar-refractivity contribution in [2.75, 3.05) is 32.2 Å². The summed E-state index contributed by atoms with van der Waals surface area (Å²) < 4.78 is 12.8. The first kappa shape index (κ1) is 21.6. The summed E-state index contributed by atoms with van der Waals surface area (Å²) in [6.45, 7) is 4.30. The maximum absolute atomic E-state index is 5.60. The molecule has 0 unspecified atom stereocenters.